The molecule has 4 heteroatoms. The van der Waals surface area contributed by atoms with Crippen LogP contribution >= 0.6 is 0 Å². The Balaban J connectivity index is 2.69. The molecule has 0 bridgehead atoms. The summed E-state index contributed by atoms with van der Waals surface area (Å²) in [6.07, 6.45) is 7.89. The number of rotatable bonds is 6. The van der Waals surface area contributed by atoms with Gasteiger partial charge in [0.05, 0.1) is 12.6 Å². The van der Waals surface area contributed by atoms with E-state index in [4.69, 9.17) is 11.2 Å². The van der Waals surface area contributed by atoms with Crippen molar-refractivity contribution in [3.8, 4) is 12.3 Å². The van der Waals surface area contributed by atoms with Crippen molar-refractivity contribution >= 4 is 5.91 Å². The van der Waals surface area contributed by atoms with Crippen LogP contribution in [0.3, 0.4) is 0 Å². The number of hydrogen-bond donors (Lipinski definition) is 1. The van der Waals surface area contributed by atoms with Crippen LogP contribution in [-0.2, 0) is 11.3 Å². The fourth-order valence-electron chi connectivity index (χ4n) is 1.50. The topological polar surface area (TPSA) is 43.3 Å². The van der Waals surface area contributed by atoms with Crippen LogP contribution in [0.4, 0.5) is 0 Å². The monoisotopic (exact) mass is 234 g/mol. The number of carbonyl (C=O) groups excluding carboxylic acids is 1. The molecular formula is C13H18N2O2. The normalized spacial score (nSPS) is 11.8. The first kappa shape index (κ1) is 13.3. The number of terminal acetylenes is 1. The van der Waals surface area contributed by atoms with Gasteiger partial charge in [-0.2, -0.15) is 0 Å². The highest BCUT2D eigenvalue weighted by atomic mass is 16.5. The highest BCUT2D eigenvalue weighted by Gasteiger charge is 2.13. The van der Waals surface area contributed by atoms with Crippen LogP contribution < -0.4 is 5.32 Å². The number of nitrogens with zero attached hydrogens (tertiary/aromatic N) is 1. The molecule has 4 nitrogen and oxygen atoms in total. The average molecular weight is 234 g/mol. The SMILES string of the molecule is C#CC(CC)NC(=O)c1cccn1CCOC. The first-order valence-corrected chi connectivity index (χ1v) is 5.64. The van der Waals surface area contributed by atoms with Crippen molar-refractivity contribution in [1.29, 1.82) is 0 Å². The van der Waals surface area contributed by atoms with Crippen LogP contribution in [0.2, 0.25) is 0 Å². The summed E-state index contributed by atoms with van der Waals surface area (Å²) in [5.41, 5.74) is 0.607. The van der Waals surface area contributed by atoms with Gasteiger partial charge in [0.25, 0.3) is 5.91 Å². The van der Waals surface area contributed by atoms with Crippen molar-refractivity contribution in [2.75, 3.05) is 13.7 Å². The molecule has 1 heterocycles. The van der Waals surface area contributed by atoms with E-state index < -0.39 is 0 Å². The van der Waals surface area contributed by atoms with E-state index in [2.05, 4.69) is 11.2 Å². The summed E-state index contributed by atoms with van der Waals surface area (Å²) < 4.78 is 6.84. The molecule has 0 aliphatic carbocycles. The van der Waals surface area contributed by atoms with Gasteiger partial charge in [-0.3, -0.25) is 4.79 Å². The highest BCUT2D eigenvalue weighted by Crippen LogP contribution is 2.03. The fourth-order valence-corrected chi connectivity index (χ4v) is 1.50. The molecule has 1 unspecified atom stereocenters. The van der Waals surface area contributed by atoms with Gasteiger partial charge in [0.2, 0.25) is 0 Å². The lowest BCUT2D eigenvalue weighted by Gasteiger charge is -2.12. The third kappa shape index (κ3) is 3.65. The van der Waals surface area contributed by atoms with E-state index in [1.54, 1.807) is 13.2 Å². The van der Waals surface area contributed by atoms with Crippen LogP contribution in [0.15, 0.2) is 18.3 Å². The second-order valence-electron chi connectivity index (χ2n) is 3.68. The molecule has 1 atom stereocenters. The lowest BCUT2D eigenvalue weighted by molar-refractivity contribution is 0.0933. The van der Waals surface area contributed by atoms with Gasteiger partial charge in [-0.05, 0) is 18.6 Å². The molecule has 0 fully saturated rings. The summed E-state index contributed by atoms with van der Waals surface area (Å²) in [6.45, 7) is 3.16. The third-order valence-corrected chi connectivity index (χ3v) is 2.51. The zero-order valence-corrected chi connectivity index (χ0v) is 10.3. The molecule has 0 saturated heterocycles. The van der Waals surface area contributed by atoms with Gasteiger partial charge < -0.3 is 14.6 Å². The largest absolute Gasteiger partial charge is 0.383 e. The van der Waals surface area contributed by atoms with Crippen LogP contribution in [0.1, 0.15) is 23.8 Å². The molecular weight excluding hydrogens is 216 g/mol. The molecule has 0 aliphatic rings. The molecule has 0 saturated carbocycles. The fraction of sp³-hybridized carbons (Fsp3) is 0.462. The maximum Gasteiger partial charge on any atom is 0.268 e. The molecule has 17 heavy (non-hydrogen) atoms. The Bertz CT molecular complexity index is 404. The minimum Gasteiger partial charge on any atom is -0.383 e. The van der Waals surface area contributed by atoms with Crippen molar-refractivity contribution in [2.24, 2.45) is 0 Å². The minimum absolute atomic E-state index is 0.143. The molecule has 0 radical (unpaired) electrons. The summed E-state index contributed by atoms with van der Waals surface area (Å²) in [7, 11) is 1.63. The predicted octanol–water partition coefficient (Wildman–Crippen LogP) is 1.28. The minimum atomic E-state index is -0.215. The number of methoxy groups -OCH3 is 1. The first-order chi connectivity index (χ1) is 8.22. The number of nitrogens with one attached hydrogen (secondary N) is 1. The Morgan fingerprint density at radius 2 is 2.47 bits per heavy atom. The van der Waals surface area contributed by atoms with Crippen LogP contribution in [0.25, 0.3) is 0 Å². The molecule has 0 aliphatic heterocycles. The maximum absolute atomic E-state index is 11.9. The quantitative estimate of drug-likeness (QED) is 0.753. The standard InChI is InChI=1S/C13H18N2O2/c1-4-11(5-2)14-13(16)12-7-6-8-15(12)9-10-17-3/h1,6-8,11H,5,9-10H2,2-3H3,(H,14,16). The molecule has 0 spiro atoms. The lowest BCUT2D eigenvalue weighted by Crippen LogP contribution is -2.34. The zero-order valence-electron chi connectivity index (χ0n) is 10.3. The van der Waals surface area contributed by atoms with Gasteiger partial charge in [0.1, 0.15) is 5.69 Å². The van der Waals surface area contributed by atoms with E-state index in [1.165, 1.54) is 0 Å². The second kappa shape index (κ2) is 6.77. The Morgan fingerprint density at radius 1 is 1.71 bits per heavy atom. The van der Waals surface area contributed by atoms with E-state index in [0.717, 1.165) is 6.42 Å². The summed E-state index contributed by atoms with van der Waals surface area (Å²) in [6, 6.07) is 3.39. The Hall–Kier alpha value is -1.73. The molecule has 1 aromatic rings. The Labute approximate surface area is 102 Å². The predicted molar refractivity (Wildman–Crippen MR) is 66.7 cm³/mol. The summed E-state index contributed by atoms with van der Waals surface area (Å²) in [5, 5.41) is 2.80. The third-order valence-electron chi connectivity index (χ3n) is 2.51. The summed E-state index contributed by atoms with van der Waals surface area (Å²) in [5.74, 6) is 2.40. The van der Waals surface area contributed by atoms with E-state index in [1.807, 2.05) is 23.8 Å². The van der Waals surface area contributed by atoms with E-state index in [9.17, 15) is 4.79 Å². The van der Waals surface area contributed by atoms with Crippen molar-refractivity contribution in [1.82, 2.24) is 9.88 Å². The average Bonchev–Trinajstić information content (AvgIpc) is 2.81. The van der Waals surface area contributed by atoms with Crippen molar-refractivity contribution in [2.45, 2.75) is 25.9 Å². The molecule has 1 N–H and O–H groups in total. The summed E-state index contributed by atoms with van der Waals surface area (Å²) in [4.78, 5) is 11.9. The van der Waals surface area contributed by atoms with Crippen LogP contribution in [0.5, 0.6) is 0 Å². The molecule has 1 aromatic heterocycles. The van der Waals surface area contributed by atoms with Gasteiger partial charge in [-0.15, -0.1) is 6.42 Å². The Kier molecular flexibility index (Phi) is 5.31. The molecule has 1 rings (SSSR count). The molecule has 92 valence electrons. The van der Waals surface area contributed by atoms with Gasteiger partial charge in [-0.25, -0.2) is 0 Å². The molecule has 0 aromatic carbocycles. The van der Waals surface area contributed by atoms with Crippen molar-refractivity contribution < 1.29 is 9.53 Å². The number of amides is 1. The zero-order chi connectivity index (χ0) is 12.7. The number of carbonyl (C=O) groups is 1. The Morgan fingerprint density at radius 3 is 3.06 bits per heavy atom. The number of hydrogen-bond acceptors (Lipinski definition) is 2. The van der Waals surface area contributed by atoms with E-state index >= 15 is 0 Å². The van der Waals surface area contributed by atoms with Crippen molar-refractivity contribution in [3.05, 3.63) is 24.0 Å². The van der Waals surface area contributed by atoms with Crippen molar-refractivity contribution in [3.63, 3.8) is 0 Å². The molecule has 1 amide bonds. The van der Waals surface area contributed by atoms with E-state index in [-0.39, 0.29) is 11.9 Å². The van der Waals surface area contributed by atoms with E-state index in [0.29, 0.717) is 18.8 Å². The van der Waals surface area contributed by atoms with Gasteiger partial charge in [0, 0.05) is 19.9 Å². The van der Waals surface area contributed by atoms with Gasteiger partial charge >= 0.3 is 0 Å². The maximum atomic E-state index is 11.9. The number of ether oxygens (including phenoxy) is 1. The van der Waals surface area contributed by atoms with Gasteiger partial charge in [-0.1, -0.05) is 12.8 Å². The lowest BCUT2D eigenvalue weighted by atomic mass is 10.2. The van der Waals surface area contributed by atoms with Gasteiger partial charge in [0.15, 0.2) is 0 Å². The van der Waals surface area contributed by atoms with Crippen LogP contribution in [-0.4, -0.2) is 30.2 Å². The smallest absolute Gasteiger partial charge is 0.268 e. The first-order valence-electron chi connectivity index (χ1n) is 5.64. The van der Waals surface area contributed by atoms with Crippen LogP contribution in [0, 0.1) is 12.3 Å². The number of aromatic nitrogens is 1. The summed E-state index contributed by atoms with van der Waals surface area (Å²) >= 11 is 0. The second-order valence-corrected chi connectivity index (χ2v) is 3.68. The highest BCUT2D eigenvalue weighted by molar-refractivity contribution is 5.93.